The Hall–Kier alpha value is -3.07. The predicted molar refractivity (Wildman–Crippen MR) is 122 cm³/mol. The first-order chi connectivity index (χ1) is 14.8. The zero-order chi connectivity index (χ0) is 22.9. The van der Waals surface area contributed by atoms with Gasteiger partial charge in [-0.15, -0.1) is 0 Å². The fourth-order valence-corrected chi connectivity index (χ4v) is 3.73. The highest BCUT2D eigenvalue weighted by molar-refractivity contribution is 7.92. The monoisotopic (exact) mass is 447 g/mol. The summed E-state index contributed by atoms with van der Waals surface area (Å²) in [5.41, 5.74) is 0.948. The van der Waals surface area contributed by atoms with Gasteiger partial charge >= 0.3 is 0 Å². The summed E-state index contributed by atoms with van der Waals surface area (Å²) in [5, 5.41) is 5.47. The smallest absolute Gasteiger partial charge is 0.253 e. The minimum atomic E-state index is -3.74. The number of benzene rings is 2. The first-order valence-electron chi connectivity index (χ1n) is 10.1. The van der Waals surface area contributed by atoms with Crippen molar-refractivity contribution in [1.29, 1.82) is 0 Å². The summed E-state index contributed by atoms with van der Waals surface area (Å²) in [7, 11) is -3.74. The molecule has 0 spiro atoms. The number of sulfonamides is 1. The SMILES string of the molecule is CCCCNC(=O)c1ccccc1NC(=O)CN(c1cccc(OCC)c1)S(C)(=O)=O. The molecule has 0 unspecified atom stereocenters. The molecule has 0 atom stereocenters. The highest BCUT2D eigenvalue weighted by atomic mass is 32.2. The number of unbranched alkanes of at least 4 members (excludes halogenated alkanes) is 1. The Labute approximate surface area is 183 Å². The third-order valence-corrected chi connectivity index (χ3v) is 5.51. The van der Waals surface area contributed by atoms with Crippen LogP contribution in [0.3, 0.4) is 0 Å². The van der Waals surface area contributed by atoms with Crippen molar-refractivity contribution >= 4 is 33.2 Å². The molecule has 168 valence electrons. The largest absolute Gasteiger partial charge is 0.494 e. The summed E-state index contributed by atoms with van der Waals surface area (Å²) in [6, 6.07) is 13.1. The van der Waals surface area contributed by atoms with Gasteiger partial charge < -0.3 is 15.4 Å². The van der Waals surface area contributed by atoms with Gasteiger partial charge in [-0.2, -0.15) is 0 Å². The Morgan fingerprint density at radius 2 is 1.81 bits per heavy atom. The van der Waals surface area contributed by atoms with E-state index in [-0.39, 0.29) is 5.91 Å². The maximum atomic E-state index is 12.7. The topological polar surface area (TPSA) is 105 Å². The van der Waals surface area contributed by atoms with E-state index in [1.165, 1.54) is 0 Å². The zero-order valence-corrected chi connectivity index (χ0v) is 18.9. The molecule has 2 aromatic rings. The molecule has 0 saturated heterocycles. The molecule has 0 aliphatic carbocycles. The van der Waals surface area contributed by atoms with E-state index >= 15 is 0 Å². The molecule has 9 heteroatoms. The lowest BCUT2D eigenvalue weighted by Gasteiger charge is -2.22. The van der Waals surface area contributed by atoms with Crippen molar-refractivity contribution in [3.63, 3.8) is 0 Å². The van der Waals surface area contributed by atoms with Crippen LogP contribution in [0.1, 0.15) is 37.0 Å². The van der Waals surface area contributed by atoms with Crippen molar-refractivity contribution in [3.8, 4) is 5.75 Å². The molecule has 0 radical (unpaired) electrons. The number of hydrogen-bond acceptors (Lipinski definition) is 5. The van der Waals surface area contributed by atoms with E-state index in [1.807, 2.05) is 13.8 Å². The number of amides is 2. The Balaban J connectivity index is 2.19. The number of carbonyl (C=O) groups excluding carboxylic acids is 2. The number of para-hydroxylation sites is 1. The van der Waals surface area contributed by atoms with E-state index in [2.05, 4.69) is 10.6 Å². The van der Waals surface area contributed by atoms with Crippen LogP contribution in [-0.4, -0.2) is 46.2 Å². The Morgan fingerprint density at radius 3 is 2.48 bits per heavy atom. The molecular weight excluding hydrogens is 418 g/mol. The lowest BCUT2D eigenvalue weighted by Crippen LogP contribution is -2.37. The van der Waals surface area contributed by atoms with Gasteiger partial charge in [0.1, 0.15) is 12.3 Å². The van der Waals surface area contributed by atoms with E-state index in [4.69, 9.17) is 4.74 Å². The molecule has 2 amide bonds. The molecule has 0 heterocycles. The summed E-state index contributed by atoms with van der Waals surface area (Å²) in [5.74, 6) is -0.363. The normalized spacial score (nSPS) is 10.9. The van der Waals surface area contributed by atoms with Crippen molar-refractivity contribution < 1.29 is 22.7 Å². The third-order valence-electron chi connectivity index (χ3n) is 4.37. The average Bonchev–Trinajstić information content (AvgIpc) is 2.72. The molecule has 31 heavy (non-hydrogen) atoms. The maximum Gasteiger partial charge on any atom is 0.253 e. The second kappa shape index (κ2) is 11.4. The van der Waals surface area contributed by atoms with Crippen LogP contribution in [0.5, 0.6) is 5.75 Å². The maximum absolute atomic E-state index is 12.7. The fraction of sp³-hybridized carbons (Fsp3) is 0.364. The van der Waals surface area contributed by atoms with Crippen LogP contribution in [0.2, 0.25) is 0 Å². The minimum absolute atomic E-state index is 0.297. The Kier molecular flexibility index (Phi) is 8.87. The van der Waals surface area contributed by atoms with Gasteiger partial charge in [-0.1, -0.05) is 31.5 Å². The molecule has 0 aliphatic rings. The van der Waals surface area contributed by atoms with E-state index in [1.54, 1.807) is 48.5 Å². The second-order valence-electron chi connectivity index (χ2n) is 6.90. The molecule has 0 bridgehead atoms. The number of rotatable bonds is 11. The van der Waals surface area contributed by atoms with Gasteiger partial charge in [-0.25, -0.2) is 8.42 Å². The number of carbonyl (C=O) groups is 2. The van der Waals surface area contributed by atoms with Crippen LogP contribution in [0.15, 0.2) is 48.5 Å². The van der Waals surface area contributed by atoms with Crippen LogP contribution in [0, 0.1) is 0 Å². The first kappa shape index (κ1) is 24.2. The van der Waals surface area contributed by atoms with Crippen molar-refractivity contribution in [2.45, 2.75) is 26.7 Å². The van der Waals surface area contributed by atoms with Crippen molar-refractivity contribution in [3.05, 3.63) is 54.1 Å². The van der Waals surface area contributed by atoms with Gasteiger partial charge in [-0.3, -0.25) is 13.9 Å². The highest BCUT2D eigenvalue weighted by Crippen LogP contribution is 2.23. The highest BCUT2D eigenvalue weighted by Gasteiger charge is 2.22. The summed E-state index contributed by atoms with van der Waals surface area (Å²) >= 11 is 0. The molecule has 2 N–H and O–H groups in total. The summed E-state index contributed by atoms with van der Waals surface area (Å²) in [6.07, 6.45) is 2.83. The van der Waals surface area contributed by atoms with Crippen LogP contribution in [0.4, 0.5) is 11.4 Å². The van der Waals surface area contributed by atoms with Crippen LogP contribution in [0.25, 0.3) is 0 Å². The van der Waals surface area contributed by atoms with Crippen molar-refractivity contribution in [1.82, 2.24) is 5.32 Å². The predicted octanol–water partition coefficient (Wildman–Crippen LogP) is 3.02. The number of nitrogens with zero attached hydrogens (tertiary/aromatic N) is 1. The molecular formula is C22H29N3O5S. The summed E-state index contributed by atoms with van der Waals surface area (Å²) < 4.78 is 31.1. The quantitative estimate of drug-likeness (QED) is 0.515. The number of hydrogen-bond donors (Lipinski definition) is 2. The third kappa shape index (κ3) is 7.29. The van der Waals surface area contributed by atoms with Crippen LogP contribution in [-0.2, 0) is 14.8 Å². The number of ether oxygens (including phenoxy) is 1. The molecule has 0 fully saturated rings. The molecule has 2 aromatic carbocycles. The van der Waals surface area contributed by atoms with Gasteiger partial charge in [0, 0.05) is 12.6 Å². The van der Waals surface area contributed by atoms with E-state index in [0.29, 0.717) is 35.8 Å². The number of nitrogens with one attached hydrogen (secondary N) is 2. The molecule has 0 aromatic heterocycles. The average molecular weight is 448 g/mol. The van der Waals surface area contributed by atoms with Gasteiger partial charge in [0.25, 0.3) is 5.91 Å². The van der Waals surface area contributed by atoms with Crippen LogP contribution >= 0.6 is 0 Å². The molecule has 8 nitrogen and oxygen atoms in total. The van der Waals surface area contributed by atoms with Gasteiger partial charge in [0.05, 0.1) is 29.8 Å². The van der Waals surface area contributed by atoms with Gasteiger partial charge in [0.15, 0.2) is 0 Å². The standard InChI is InChI=1S/C22H29N3O5S/c1-4-6-14-23-22(27)19-12-7-8-13-20(19)24-21(26)16-25(31(3,28)29)17-10-9-11-18(15-17)30-5-2/h7-13,15H,4-6,14,16H2,1-3H3,(H,23,27)(H,24,26). The second-order valence-corrected chi connectivity index (χ2v) is 8.81. The van der Waals surface area contributed by atoms with Crippen LogP contribution < -0.4 is 19.7 Å². The Morgan fingerprint density at radius 1 is 1.06 bits per heavy atom. The Bertz CT molecular complexity index is 1010. The van der Waals surface area contributed by atoms with E-state index in [0.717, 1.165) is 23.4 Å². The van der Waals surface area contributed by atoms with Crippen molar-refractivity contribution in [2.75, 3.05) is 35.6 Å². The lowest BCUT2D eigenvalue weighted by molar-refractivity contribution is -0.114. The van der Waals surface area contributed by atoms with E-state index < -0.39 is 22.5 Å². The van der Waals surface area contributed by atoms with Gasteiger partial charge in [0.2, 0.25) is 15.9 Å². The van der Waals surface area contributed by atoms with Gasteiger partial charge in [-0.05, 0) is 37.6 Å². The first-order valence-corrected chi connectivity index (χ1v) is 12.0. The number of anilines is 2. The van der Waals surface area contributed by atoms with E-state index in [9.17, 15) is 18.0 Å². The summed E-state index contributed by atoms with van der Waals surface area (Å²) in [6.45, 7) is 4.37. The molecule has 0 saturated carbocycles. The minimum Gasteiger partial charge on any atom is -0.494 e. The zero-order valence-electron chi connectivity index (χ0n) is 18.1. The van der Waals surface area contributed by atoms with Crippen molar-refractivity contribution in [2.24, 2.45) is 0 Å². The lowest BCUT2D eigenvalue weighted by atomic mass is 10.1. The summed E-state index contributed by atoms with van der Waals surface area (Å²) in [4.78, 5) is 25.1. The molecule has 0 aliphatic heterocycles. The molecule has 2 rings (SSSR count). The fourth-order valence-electron chi connectivity index (χ4n) is 2.88.